The first kappa shape index (κ1) is 23.2. The summed E-state index contributed by atoms with van der Waals surface area (Å²) in [5.41, 5.74) is 1.74. The van der Waals surface area contributed by atoms with Gasteiger partial charge >= 0.3 is 0 Å². The molecule has 0 bridgehead atoms. The summed E-state index contributed by atoms with van der Waals surface area (Å²) in [6.07, 6.45) is 0.806. The van der Waals surface area contributed by atoms with E-state index in [2.05, 4.69) is 20.9 Å². The van der Waals surface area contributed by atoms with Crippen molar-refractivity contribution in [3.8, 4) is 0 Å². The molecule has 2 rings (SSSR count). The van der Waals surface area contributed by atoms with Crippen LogP contribution in [-0.2, 0) is 6.54 Å². The number of aliphatic imine (C=N–C) groups is 1. The van der Waals surface area contributed by atoms with Gasteiger partial charge in [0.2, 0.25) is 0 Å². The van der Waals surface area contributed by atoms with E-state index in [1.165, 1.54) is 0 Å². The number of nitrogens with zero attached hydrogens (tertiary/aromatic N) is 1. The molecule has 0 aliphatic heterocycles. The number of rotatable bonds is 8. The first-order valence-electron chi connectivity index (χ1n) is 8.79. The van der Waals surface area contributed by atoms with E-state index in [-0.39, 0.29) is 29.9 Å². The molecule has 27 heavy (non-hydrogen) atoms. The monoisotopic (exact) mass is 500 g/mol. The lowest BCUT2D eigenvalue weighted by Crippen LogP contribution is -2.38. The second-order valence-corrected chi connectivity index (χ2v) is 6.16. The number of carbonyl (C=O) groups excluding carboxylic acids is 1. The Morgan fingerprint density at radius 2 is 1.74 bits per heavy atom. The maximum atomic E-state index is 12.0. The molecule has 0 aliphatic rings. The van der Waals surface area contributed by atoms with Crippen molar-refractivity contribution >= 4 is 47.4 Å². The first-order valence-corrected chi connectivity index (χ1v) is 9.16. The van der Waals surface area contributed by atoms with Gasteiger partial charge in [0, 0.05) is 30.2 Å². The van der Waals surface area contributed by atoms with Crippen LogP contribution in [0.4, 0.5) is 0 Å². The number of amides is 1. The molecule has 2 aromatic carbocycles. The Bertz CT molecular complexity index is 725. The number of hydrogen-bond acceptors (Lipinski definition) is 2. The van der Waals surface area contributed by atoms with Crippen molar-refractivity contribution in [2.24, 2.45) is 4.99 Å². The van der Waals surface area contributed by atoms with Crippen molar-refractivity contribution in [2.75, 3.05) is 19.6 Å². The molecule has 146 valence electrons. The molecule has 7 heteroatoms. The summed E-state index contributed by atoms with van der Waals surface area (Å²) in [6, 6.07) is 16.9. The fourth-order valence-corrected chi connectivity index (χ4v) is 2.55. The average molecular weight is 501 g/mol. The number of nitrogens with one attached hydrogen (secondary N) is 3. The normalized spacial score (nSPS) is 10.7. The van der Waals surface area contributed by atoms with Gasteiger partial charge in [-0.25, -0.2) is 4.99 Å². The highest BCUT2D eigenvalue weighted by Crippen LogP contribution is 2.11. The molecule has 0 unspecified atom stereocenters. The molecular weight excluding hydrogens is 475 g/mol. The minimum Gasteiger partial charge on any atom is -0.357 e. The Morgan fingerprint density at radius 3 is 2.44 bits per heavy atom. The van der Waals surface area contributed by atoms with Crippen LogP contribution in [-0.4, -0.2) is 31.5 Å². The lowest BCUT2D eigenvalue weighted by Gasteiger charge is -2.11. The van der Waals surface area contributed by atoms with E-state index < -0.39 is 0 Å². The Hall–Kier alpha value is -1.80. The van der Waals surface area contributed by atoms with Crippen LogP contribution >= 0.6 is 35.6 Å². The molecule has 0 radical (unpaired) electrons. The fourth-order valence-electron chi connectivity index (χ4n) is 2.34. The van der Waals surface area contributed by atoms with E-state index in [4.69, 9.17) is 11.6 Å². The predicted molar refractivity (Wildman–Crippen MR) is 123 cm³/mol. The minimum atomic E-state index is -0.0490. The summed E-state index contributed by atoms with van der Waals surface area (Å²) in [4.78, 5) is 16.5. The molecular formula is C20H26ClIN4O. The molecule has 0 aromatic heterocycles. The van der Waals surface area contributed by atoms with Crippen LogP contribution in [0.1, 0.15) is 29.3 Å². The van der Waals surface area contributed by atoms with Crippen LogP contribution in [0.3, 0.4) is 0 Å². The highest BCUT2D eigenvalue weighted by Gasteiger charge is 2.03. The van der Waals surface area contributed by atoms with Gasteiger partial charge in [-0.3, -0.25) is 4.79 Å². The molecule has 0 aliphatic carbocycles. The molecule has 0 spiro atoms. The fraction of sp³-hybridized carbons (Fsp3) is 0.300. The summed E-state index contributed by atoms with van der Waals surface area (Å²) in [6.45, 7) is 4.69. The van der Waals surface area contributed by atoms with Gasteiger partial charge in [-0.1, -0.05) is 41.9 Å². The highest BCUT2D eigenvalue weighted by molar-refractivity contribution is 14.0. The predicted octanol–water partition coefficient (Wildman–Crippen LogP) is 3.83. The summed E-state index contributed by atoms with van der Waals surface area (Å²) in [5.74, 6) is 0.703. The summed E-state index contributed by atoms with van der Waals surface area (Å²) in [5, 5.41) is 10.1. The number of guanidine groups is 1. The number of benzene rings is 2. The first-order chi connectivity index (χ1) is 12.7. The number of hydrogen-bond donors (Lipinski definition) is 3. The zero-order valence-corrected chi connectivity index (χ0v) is 18.5. The van der Waals surface area contributed by atoms with Crippen molar-refractivity contribution in [1.82, 2.24) is 16.0 Å². The third-order valence-electron chi connectivity index (χ3n) is 3.62. The Labute approximate surface area is 183 Å². The standard InChI is InChI=1S/C20H25ClN4O.HI/c1-2-22-20(25-15-16-8-6-11-18(21)14-16)24-13-7-12-23-19(26)17-9-4-3-5-10-17;/h3-6,8-11,14H,2,7,12-13,15H2,1H3,(H,23,26)(H2,22,24,25);1H. The van der Waals surface area contributed by atoms with Crippen LogP contribution in [0.2, 0.25) is 5.02 Å². The Morgan fingerprint density at radius 1 is 1.00 bits per heavy atom. The summed E-state index contributed by atoms with van der Waals surface area (Å²) in [7, 11) is 0. The van der Waals surface area contributed by atoms with E-state index in [9.17, 15) is 4.79 Å². The molecule has 0 fully saturated rings. The molecule has 0 heterocycles. The Kier molecular flexibility index (Phi) is 11.5. The van der Waals surface area contributed by atoms with E-state index >= 15 is 0 Å². The second-order valence-electron chi connectivity index (χ2n) is 5.73. The summed E-state index contributed by atoms with van der Waals surface area (Å²) < 4.78 is 0. The molecule has 2 aromatic rings. The van der Waals surface area contributed by atoms with Crippen molar-refractivity contribution in [3.05, 3.63) is 70.7 Å². The highest BCUT2D eigenvalue weighted by atomic mass is 127. The lowest BCUT2D eigenvalue weighted by molar-refractivity contribution is 0.0953. The van der Waals surface area contributed by atoms with Gasteiger partial charge in [-0.05, 0) is 43.2 Å². The minimum absolute atomic E-state index is 0. The van der Waals surface area contributed by atoms with Gasteiger partial charge in [0.25, 0.3) is 5.91 Å². The molecule has 0 saturated heterocycles. The van der Waals surface area contributed by atoms with Crippen molar-refractivity contribution in [2.45, 2.75) is 19.9 Å². The SMILES string of the molecule is CCNC(=NCc1cccc(Cl)c1)NCCCNC(=O)c1ccccc1.I. The zero-order chi connectivity index (χ0) is 18.6. The lowest BCUT2D eigenvalue weighted by atomic mass is 10.2. The molecule has 5 nitrogen and oxygen atoms in total. The molecule has 0 atom stereocenters. The average Bonchev–Trinajstić information content (AvgIpc) is 2.66. The number of carbonyl (C=O) groups is 1. The third kappa shape index (κ3) is 9.10. The molecule has 1 amide bonds. The number of halogens is 2. The molecule has 3 N–H and O–H groups in total. The van der Waals surface area contributed by atoms with Gasteiger partial charge < -0.3 is 16.0 Å². The Balaban J connectivity index is 0.00000364. The maximum Gasteiger partial charge on any atom is 0.251 e. The maximum absolute atomic E-state index is 12.0. The van der Waals surface area contributed by atoms with Crippen molar-refractivity contribution in [3.63, 3.8) is 0 Å². The zero-order valence-electron chi connectivity index (χ0n) is 15.4. The van der Waals surface area contributed by atoms with E-state index in [1.807, 2.05) is 49.4 Å². The van der Waals surface area contributed by atoms with Gasteiger partial charge in [-0.2, -0.15) is 0 Å². The van der Waals surface area contributed by atoms with Gasteiger partial charge in [0.1, 0.15) is 0 Å². The van der Waals surface area contributed by atoms with Crippen molar-refractivity contribution < 1.29 is 4.79 Å². The van der Waals surface area contributed by atoms with E-state index in [1.54, 1.807) is 12.1 Å². The van der Waals surface area contributed by atoms with Crippen LogP contribution in [0.15, 0.2) is 59.6 Å². The van der Waals surface area contributed by atoms with Gasteiger partial charge in [-0.15, -0.1) is 24.0 Å². The van der Waals surface area contributed by atoms with Crippen LogP contribution in [0.25, 0.3) is 0 Å². The molecule has 0 saturated carbocycles. The van der Waals surface area contributed by atoms with Crippen molar-refractivity contribution in [1.29, 1.82) is 0 Å². The van der Waals surface area contributed by atoms with Crippen LogP contribution in [0, 0.1) is 0 Å². The van der Waals surface area contributed by atoms with E-state index in [0.29, 0.717) is 23.7 Å². The topological polar surface area (TPSA) is 65.5 Å². The summed E-state index contributed by atoms with van der Waals surface area (Å²) >= 11 is 6.00. The van der Waals surface area contributed by atoms with E-state index in [0.717, 1.165) is 31.0 Å². The van der Waals surface area contributed by atoms with Gasteiger partial charge in [0.15, 0.2) is 5.96 Å². The van der Waals surface area contributed by atoms with Crippen LogP contribution < -0.4 is 16.0 Å². The van der Waals surface area contributed by atoms with Gasteiger partial charge in [0.05, 0.1) is 6.54 Å². The van der Waals surface area contributed by atoms with Crippen LogP contribution in [0.5, 0.6) is 0 Å². The quantitative estimate of drug-likeness (QED) is 0.223. The smallest absolute Gasteiger partial charge is 0.251 e. The third-order valence-corrected chi connectivity index (χ3v) is 3.86. The largest absolute Gasteiger partial charge is 0.357 e. The second kappa shape index (κ2) is 13.4.